The summed E-state index contributed by atoms with van der Waals surface area (Å²) in [5.74, 6) is 0.0930. The lowest BCUT2D eigenvalue weighted by Gasteiger charge is -2.36. The quantitative estimate of drug-likeness (QED) is 0.631. The van der Waals surface area contributed by atoms with Crippen LogP contribution in [0.15, 0.2) is 48.8 Å². The van der Waals surface area contributed by atoms with Crippen molar-refractivity contribution in [3.05, 3.63) is 70.5 Å². The van der Waals surface area contributed by atoms with Crippen molar-refractivity contribution in [2.45, 2.75) is 39.2 Å². The molecule has 27 heavy (non-hydrogen) atoms. The lowest BCUT2D eigenvalue weighted by Crippen LogP contribution is -2.38. The van der Waals surface area contributed by atoms with Crippen LogP contribution >= 0.6 is 11.3 Å². The van der Waals surface area contributed by atoms with Crippen molar-refractivity contribution in [2.24, 2.45) is 0 Å². The highest BCUT2D eigenvalue weighted by molar-refractivity contribution is 7.15. The van der Waals surface area contributed by atoms with Gasteiger partial charge in [0, 0.05) is 34.9 Å². The second kappa shape index (κ2) is 7.61. The van der Waals surface area contributed by atoms with Gasteiger partial charge in [-0.3, -0.25) is 9.78 Å². The Morgan fingerprint density at radius 3 is 2.81 bits per heavy atom. The monoisotopic (exact) mass is 377 g/mol. The molecule has 0 N–H and O–H groups in total. The number of benzene rings is 1. The summed E-state index contributed by atoms with van der Waals surface area (Å²) >= 11 is 1.68. The fourth-order valence-electron chi connectivity index (χ4n) is 3.64. The molecule has 1 aliphatic heterocycles. The SMILES string of the molecule is Cc1nc(-c2cccc(C(=O)N3CCCCC3c3cccnc3)c2)sc1C. The van der Waals surface area contributed by atoms with E-state index in [0.717, 1.165) is 53.2 Å². The summed E-state index contributed by atoms with van der Waals surface area (Å²) in [4.78, 5) is 25.4. The van der Waals surface area contributed by atoms with Crippen LogP contribution in [0.3, 0.4) is 0 Å². The number of carbonyl (C=O) groups excluding carboxylic acids is 1. The molecule has 0 spiro atoms. The summed E-state index contributed by atoms with van der Waals surface area (Å²) in [7, 11) is 0. The topological polar surface area (TPSA) is 46.1 Å². The first kappa shape index (κ1) is 17.9. The normalized spacial score (nSPS) is 17.1. The first-order valence-corrected chi connectivity index (χ1v) is 10.2. The number of amides is 1. The molecule has 1 atom stereocenters. The smallest absolute Gasteiger partial charge is 0.254 e. The summed E-state index contributed by atoms with van der Waals surface area (Å²) in [6.45, 7) is 4.90. The van der Waals surface area contributed by atoms with Crippen LogP contribution in [0.25, 0.3) is 10.6 Å². The molecule has 0 bridgehead atoms. The summed E-state index contributed by atoms with van der Waals surface area (Å²) in [5.41, 5.74) is 3.91. The maximum absolute atomic E-state index is 13.3. The average Bonchev–Trinajstić information content (AvgIpc) is 3.07. The van der Waals surface area contributed by atoms with Crippen LogP contribution in [0, 0.1) is 13.8 Å². The molecule has 1 unspecified atom stereocenters. The van der Waals surface area contributed by atoms with Gasteiger partial charge >= 0.3 is 0 Å². The number of hydrogen-bond acceptors (Lipinski definition) is 4. The molecule has 3 heterocycles. The van der Waals surface area contributed by atoms with Crippen LogP contribution < -0.4 is 0 Å². The van der Waals surface area contributed by atoms with E-state index < -0.39 is 0 Å². The zero-order chi connectivity index (χ0) is 18.8. The third-order valence-corrected chi connectivity index (χ3v) is 6.34. The van der Waals surface area contributed by atoms with Gasteiger partial charge in [0.2, 0.25) is 0 Å². The second-order valence-corrected chi connectivity index (χ2v) is 8.24. The Labute approximate surface area is 163 Å². The molecule has 1 aromatic carbocycles. The Kier molecular flexibility index (Phi) is 5.03. The number of thiazole rings is 1. The highest BCUT2D eigenvalue weighted by atomic mass is 32.1. The summed E-state index contributed by atoms with van der Waals surface area (Å²) < 4.78 is 0. The molecule has 4 rings (SSSR count). The van der Waals surface area contributed by atoms with Crippen molar-refractivity contribution in [3.63, 3.8) is 0 Å². The Hall–Kier alpha value is -2.53. The standard InChI is InChI=1S/C22H23N3OS/c1-15-16(2)27-21(24-15)17-7-5-8-18(13-17)22(26)25-12-4-3-10-20(25)19-9-6-11-23-14-19/h5-9,11,13-14,20H,3-4,10,12H2,1-2H3. The molecule has 1 saturated heterocycles. The number of nitrogens with zero attached hydrogens (tertiary/aromatic N) is 3. The van der Waals surface area contributed by atoms with Gasteiger partial charge in [-0.05, 0) is 56.9 Å². The van der Waals surface area contributed by atoms with Gasteiger partial charge in [-0.15, -0.1) is 11.3 Å². The highest BCUT2D eigenvalue weighted by Crippen LogP contribution is 2.33. The number of carbonyl (C=O) groups is 1. The van der Waals surface area contributed by atoms with Crippen LogP contribution in [-0.4, -0.2) is 27.3 Å². The molecule has 3 aromatic rings. The van der Waals surface area contributed by atoms with Crippen molar-refractivity contribution in [1.29, 1.82) is 0 Å². The predicted octanol–water partition coefficient (Wildman–Crippen LogP) is 5.19. The van der Waals surface area contributed by atoms with Crippen molar-refractivity contribution in [1.82, 2.24) is 14.9 Å². The van der Waals surface area contributed by atoms with Crippen LogP contribution in [0.4, 0.5) is 0 Å². The predicted molar refractivity (Wildman–Crippen MR) is 109 cm³/mol. The number of rotatable bonds is 3. The molecule has 2 aromatic heterocycles. The Bertz CT molecular complexity index is 932. The van der Waals surface area contributed by atoms with Crippen molar-refractivity contribution < 1.29 is 4.79 Å². The van der Waals surface area contributed by atoms with E-state index in [1.165, 1.54) is 4.88 Å². The largest absolute Gasteiger partial charge is 0.332 e. The average molecular weight is 378 g/mol. The van der Waals surface area contributed by atoms with Crippen molar-refractivity contribution in [2.75, 3.05) is 6.54 Å². The summed E-state index contributed by atoms with van der Waals surface area (Å²) in [6, 6.07) is 12.0. The maximum atomic E-state index is 13.3. The van der Waals surface area contributed by atoms with E-state index in [2.05, 4.69) is 23.0 Å². The number of aromatic nitrogens is 2. The molecule has 5 heteroatoms. The Balaban J connectivity index is 1.64. The minimum Gasteiger partial charge on any atom is -0.332 e. The minimum atomic E-state index is 0.0930. The Morgan fingerprint density at radius 2 is 2.07 bits per heavy atom. The van der Waals surface area contributed by atoms with E-state index in [-0.39, 0.29) is 11.9 Å². The van der Waals surface area contributed by atoms with E-state index in [4.69, 9.17) is 0 Å². The number of hydrogen-bond donors (Lipinski definition) is 0. The third kappa shape index (κ3) is 3.65. The molecule has 138 valence electrons. The lowest BCUT2D eigenvalue weighted by molar-refractivity contribution is 0.0611. The zero-order valence-electron chi connectivity index (χ0n) is 15.7. The van der Waals surface area contributed by atoms with Gasteiger partial charge in [-0.1, -0.05) is 18.2 Å². The zero-order valence-corrected chi connectivity index (χ0v) is 16.5. The van der Waals surface area contributed by atoms with Crippen LogP contribution in [0.1, 0.15) is 51.8 Å². The number of pyridine rings is 1. The number of likely N-dealkylation sites (tertiary alicyclic amines) is 1. The number of piperidine rings is 1. The van der Waals surface area contributed by atoms with Crippen LogP contribution in [-0.2, 0) is 0 Å². The second-order valence-electron chi connectivity index (χ2n) is 7.04. The van der Waals surface area contributed by atoms with E-state index in [0.29, 0.717) is 0 Å². The third-order valence-electron chi connectivity index (χ3n) is 5.22. The lowest BCUT2D eigenvalue weighted by atomic mass is 9.95. The minimum absolute atomic E-state index is 0.0930. The van der Waals surface area contributed by atoms with Gasteiger partial charge in [0.05, 0.1) is 11.7 Å². The molecule has 0 saturated carbocycles. The van der Waals surface area contributed by atoms with Gasteiger partial charge in [0.15, 0.2) is 0 Å². The van der Waals surface area contributed by atoms with Gasteiger partial charge < -0.3 is 4.90 Å². The van der Waals surface area contributed by atoms with Gasteiger partial charge in [0.1, 0.15) is 5.01 Å². The highest BCUT2D eigenvalue weighted by Gasteiger charge is 2.29. The Morgan fingerprint density at radius 1 is 1.19 bits per heavy atom. The molecule has 1 aliphatic rings. The molecule has 1 fully saturated rings. The first-order chi connectivity index (χ1) is 13.1. The molecular formula is C22H23N3OS. The van der Waals surface area contributed by atoms with Crippen LogP contribution in [0.2, 0.25) is 0 Å². The van der Waals surface area contributed by atoms with E-state index in [1.54, 1.807) is 17.5 Å². The van der Waals surface area contributed by atoms with Gasteiger partial charge in [0.25, 0.3) is 5.91 Å². The molecule has 0 aliphatic carbocycles. The summed E-state index contributed by atoms with van der Waals surface area (Å²) in [6.07, 6.45) is 6.84. The molecular weight excluding hydrogens is 354 g/mol. The van der Waals surface area contributed by atoms with Gasteiger partial charge in [-0.2, -0.15) is 0 Å². The fraction of sp³-hybridized carbons (Fsp3) is 0.318. The molecule has 0 radical (unpaired) electrons. The van der Waals surface area contributed by atoms with Gasteiger partial charge in [-0.25, -0.2) is 4.98 Å². The summed E-state index contributed by atoms with van der Waals surface area (Å²) in [5, 5.41) is 0.974. The van der Waals surface area contributed by atoms with E-state index in [1.807, 2.05) is 48.4 Å². The first-order valence-electron chi connectivity index (χ1n) is 9.39. The van der Waals surface area contributed by atoms with Crippen molar-refractivity contribution >= 4 is 17.2 Å². The van der Waals surface area contributed by atoms with Crippen LogP contribution in [0.5, 0.6) is 0 Å². The molecule has 4 nitrogen and oxygen atoms in total. The molecule has 1 amide bonds. The maximum Gasteiger partial charge on any atom is 0.254 e. The van der Waals surface area contributed by atoms with Crippen molar-refractivity contribution in [3.8, 4) is 10.6 Å². The van der Waals surface area contributed by atoms with E-state index in [9.17, 15) is 4.79 Å². The number of aryl methyl sites for hydroxylation is 2. The fourth-order valence-corrected chi connectivity index (χ4v) is 4.55. The van der Waals surface area contributed by atoms with E-state index >= 15 is 0 Å².